The van der Waals surface area contributed by atoms with Crippen LogP contribution in [0.2, 0.25) is 0 Å². The number of hydrogen-bond donors (Lipinski definition) is 2. The number of hydrogen-bond acceptors (Lipinski definition) is 4. The quantitative estimate of drug-likeness (QED) is 0.857. The number of anilines is 1. The molecule has 1 saturated heterocycles. The lowest BCUT2D eigenvalue weighted by molar-refractivity contribution is -0.122. The van der Waals surface area contributed by atoms with Crippen LogP contribution in [0.3, 0.4) is 0 Å². The van der Waals surface area contributed by atoms with Gasteiger partial charge in [-0.2, -0.15) is 0 Å². The number of nitrogens with one attached hydrogen (secondary N) is 1. The standard InChI is InChI=1S/C12H17N3O2.ClH/c1-12(4-5-17-8-12)15-11(16)6-10-3-2-9(13)7-14-10;/h2-3,7H,4-6,8,13H2,1H3,(H,15,16);1H. The SMILES string of the molecule is CC1(NC(=O)Cc2ccc(N)cn2)CCOC1.Cl. The molecule has 3 N–H and O–H groups in total. The van der Waals surface area contributed by atoms with Crippen LogP contribution < -0.4 is 11.1 Å². The molecule has 2 heterocycles. The third-order valence-corrected chi connectivity index (χ3v) is 2.85. The van der Waals surface area contributed by atoms with Crippen molar-refractivity contribution in [1.29, 1.82) is 0 Å². The maximum atomic E-state index is 11.8. The summed E-state index contributed by atoms with van der Waals surface area (Å²) >= 11 is 0. The molecule has 18 heavy (non-hydrogen) atoms. The average molecular weight is 272 g/mol. The first kappa shape index (κ1) is 14.7. The molecule has 1 unspecified atom stereocenters. The number of pyridine rings is 1. The second-order valence-electron chi connectivity index (χ2n) is 4.67. The smallest absolute Gasteiger partial charge is 0.226 e. The van der Waals surface area contributed by atoms with E-state index in [4.69, 9.17) is 10.5 Å². The Balaban J connectivity index is 0.00000162. The summed E-state index contributed by atoms with van der Waals surface area (Å²) < 4.78 is 5.28. The lowest BCUT2D eigenvalue weighted by atomic mass is 10.0. The van der Waals surface area contributed by atoms with Crippen molar-refractivity contribution in [2.24, 2.45) is 0 Å². The molecule has 1 amide bonds. The van der Waals surface area contributed by atoms with E-state index >= 15 is 0 Å². The first-order chi connectivity index (χ1) is 8.07. The Morgan fingerprint density at radius 3 is 2.94 bits per heavy atom. The van der Waals surface area contributed by atoms with Gasteiger partial charge in [0.2, 0.25) is 5.91 Å². The predicted molar refractivity (Wildman–Crippen MR) is 71.6 cm³/mol. The first-order valence-corrected chi connectivity index (χ1v) is 5.67. The lowest BCUT2D eigenvalue weighted by Crippen LogP contribution is -2.47. The summed E-state index contributed by atoms with van der Waals surface area (Å²) in [5.74, 6) is -0.0322. The number of rotatable bonds is 3. The molecule has 1 fully saturated rings. The molecule has 1 atom stereocenters. The largest absolute Gasteiger partial charge is 0.397 e. The van der Waals surface area contributed by atoms with E-state index in [0.717, 1.165) is 12.1 Å². The summed E-state index contributed by atoms with van der Waals surface area (Å²) in [7, 11) is 0. The zero-order valence-corrected chi connectivity index (χ0v) is 11.1. The van der Waals surface area contributed by atoms with Gasteiger partial charge in [0, 0.05) is 12.3 Å². The monoisotopic (exact) mass is 271 g/mol. The summed E-state index contributed by atoms with van der Waals surface area (Å²) in [5, 5.41) is 2.98. The Bertz CT molecular complexity index is 402. The number of nitrogens with two attached hydrogens (primary N) is 1. The molecule has 6 heteroatoms. The summed E-state index contributed by atoms with van der Waals surface area (Å²) in [6.45, 7) is 3.28. The van der Waals surface area contributed by atoms with E-state index in [1.54, 1.807) is 18.3 Å². The van der Waals surface area contributed by atoms with Gasteiger partial charge in [-0.1, -0.05) is 0 Å². The van der Waals surface area contributed by atoms with Gasteiger partial charge in [-0.25, -0.2) is 0 Å². The van der Waals surface area contributed by atoms with Crippen molar-refractivity contribution in [3.63, 3.8) is 0 Å². The molecule has 0 radical (unpaired) electrons. The van der Waals surface area contributed by atoms with E-state index in [-0.39, 0.29) is 30.3 Å². The van der Waals surface area contributed by atoms with Crippen molar-refractivity contribution >= 4 is 24.0 Å². The van der Waals surface area contributed by atoms with Gasteiger partial charge in [0.1, 0.15) is 0 Å². The molecule has 2 rings (SSSR count). The van der Waals surface area contributed by atoms with Crippen LogP contribution in [0, 0.1) is 0 Å². The zero-order valence-electron chi connectivity index (χ0n) is 10.3. The molecule has 0 saturated carbocycles. The highest BCUT2D eigenvalue weighted by Crippen LogP contribution is 2.17. The normalized spacial score (nSPS) is 22.3. The van der Waals surface area contributed by atoms with Crippen molar-refractivity contribution in [1.82, 2.24) is 10.3 Å². The second kappa shape index (κ2) is 6.02. The third kappa shape index (κ3) is 3.85. The summed E-state index contributed by atoms with van der Waals surface area (Å²) in [6, 6.07) is 3.51. The molecule has 0 bridgehead atoms. The van der Waals surface area contributed by atoms with Crippen LogP contribution in [0.5, 0.6) is 0 Å². The number of amides is 1. The minimum absolute atomic E-state index is 0. The predicted octanol–water partition coefficient (Wildman–Crippen LogP) is 0.923. The minimum Gasteiger partial charge on any atom is -0.397 e. The van der Waals surface area contributed by atoms with Crippen LogP contribution in [-0.2, 0) is 16.0 Å². The van der Waals surface area contributed by atoms with Crippen LogP contribution in [0.1, 0.15) is 19.0 Å². The molecule has 0 aromatic carbocycles. The first-order valence-electron chi connectivity index (χ1n) is 5.67. The Hall–Kier alpha value is -1.33. The molecule has 5 nitrogen and oxygen atoms in total. The minimum atomic E-state index is -0.231. The fourth-order valence-corrected chi connectivity index (χ4v) is 1.85. The van der Waals surface area contributed by atoms with Gasteiger partial charge in [-0.05, 0) is 25.5 Å². The number of halogens is 1. The summed E-state index contributed by atoms with van der Waals surface area (Å²) in [5.41, 5.74) is 6.62. The topological polar surface area (TPSA) is 77.2 Å². The van der Waals surface area contributed by atoms with Gasteiger partial charge in [0.25, 0.3) is 0 Å². The molecule has 0 aliphatic carbocycles. The molecule has 100 valence electrons. The second-order valence-corrected chi connectivity index (χ2v) is 4.67. The number of nitrogen functional groups attached to an aromatic ring is 1. The van der Waals surface area contributed by atoms with E-state index in [1.807, 2.05) is 6.92 Å². The number of nitrogens with zero attached hydrogens (tertiary/aromatic N) is 1. The fraction of sp³-hybridized carbons (Fsp3) is 0.500. The van der Waals surface area contributed by atoms with E-state index < -0.39 is 0 Å². The summed E-state index contributed by atoms with van der Waals surface area (Å²) in [6.07, 6.45) is 2.69. The van der Waals surface area contributed by atoms with Gasteiger partial charge < -0.3 is 15.8 Å². The number of aromatic nitrogens is 1. The van der Waals surface area contributed by atoms with E-state index in [1.165, 1.54) is 0 Å². The molecule has 1 aromatic heterocycles. The molecule has 1 aliphatic rings. The fourth-order valence-electron chi connectivity index (χ4n) is 1.85. The maximum absolute atomic E-state index is 11.8. The molecule has 1 aromatic rings. The maximum Gasteiger partial charge on any atom is 0.226 e. The van der Waals surface area contributed by atoms with Gasteiger partial charge in [-0.3, -0.25) is 9.78 Å². The van der Waals surface area contributed by atoms with Crippen molar-refractivity contribution in [2.75, 3.05) is 18.9 Å². The van der Waals surface area contributed by atoms with Crippen molar-refractivity contribution in [3.8, 4) is 0 Å². The molecule has 0 spiro atoms. The Kier molecular flexibility index (Phi) is 4.93. The van der Waals surface area contributed by atoms with Gasteiger partial charge >= 0.3 is 0 Å². The highest BCUT2D eigenvalue weighted by Gasteiger charge is 2.31. The van der Waals surface area contributed by atoms with E-state index in [0.29, 0.717) is 18.9 Å². The number of ether oxygens (including phenoxy) is 1. The van der Waals surface area contributed by atoms with Gasteiger partial charge in [0.15, 0.2) is 0 Å². The zero-order chi connectivity index (χ0) is 12.3. The third-order valence-electron chi connectivity index (χ3n) is 2.85. The van der Waals surface area contributed by atoms with Crippen molar-refractivity contribution < 1.29 is 9.53 Å². The van der Waals surface area contributed by atoms with Crippen LogP contribution in [0.4, 0.5) is 5.69 Å². The molecule has 1 aliphatic heterocycles. The Labute approximate surface area is 113 Å². The molecular formula is C12H18ClN3O2. The van der Waals surface area contributed by atoms with Gasteiger partial charge in [0.05, 0.1) is 30.5 Å². The lowest BCUT2D eigenvalue weighted by Gasteiger charge is -2.23. The molecular weight excluding hydrogens is 254 g/mol. The van der Waals surface area contributed by atoms with Gasteiger partial charge in [-0.15, -0.1) is 12.4 Å². The van der Waals surface area contributed by atoms with Crippen LogP contribution in [-0.4, -0.2) is 29.6 Å². The van der Waals surface area contributed by atoms with Crippen molar-refractivity contribution in [2.45, 2.75) is 25.3 Å². The van der Waals surface area contributed by atoms with Crippen LogP contribution in [0.15, 0.2) is 18.3 Å². The van der Waals surface area contributed by atoms with Crippen LogP contribution in [0.25, 0.3) is 0 Å². The van der Waals surface area contributed by atoms with Crippen molar-refractivity contribution in [3.05, 3.63) is 24.0 Å². The van der Waals surface area contributed by atoms with Crippen LogP contribution >= 0.6 is 12.4 Å². The summed E-state index contributed by atoms with van der Waals surface area (Å²) in [4.78, 5) is 15.9. The highest BCUT2D eigenvalue weighted by atomic mass is 35.5. The Morgan fingerprint density at radius 1 is 1.61 bits per heavy atom. The number of carbonyl (C=O) groups excluding carboxylic acids is 1. The Morgan fingerprint density at radius 2 is 2.39 bits per heavy atom. The highest BCUT2D eigenvalue weighted by molar-refractivity contribution is 5.85. The van der Waals surface area contributed by atoms with E-state index in [2.05, 4.69) is 10.3 Å². The average Bonchev–Trinajstić information content (AvgIpc) is 2.68. The van der Waals surface area contributed by atoms with E-state index in [9.17, 15) is 4.79 Å². The number of carbonyl (C=O) groups is 1.